The molecule has 0 aliphatic heterocycles. The Morgan fingerprint density at radius 3 is 2.27 bits per heavy atom. The highest BCUT2D eigenvalue weighted by molar-refractivity contribution is 5.79. The average Bonchev–Trinajstić information content (AvgIpc) is 2.71. The van der Waals surface area contributed by atoms with Gasteiger partial charge in [0, 0.05) is 6.54 Å². The Morgan fingerprint density at radius 1 is 1.12 bits per heavy atom. The number of carbonyl (C=O) groups excluding carboxylic acids is 2. The van der Waals surface area contributed by atoms with E-state index < -0.39 is 35.3 Å². The van der Waals surface area contributed by atoms with Crippen LogP contribution in [0.15, 0.2) is 42.5 Å². The van der Waals surface area contributed by atoms with Crippen LogP contribution in [0, 0.1) is 5.82 Å². The van der Waals surface area contributed by atoms with E-state index in [-0.39, 0.29) is 24.3 Å². The number of hydrazine groups is 1. The third-order valence-electron chi connectivity index (χ3n) is 4.49. The van der Waals surface area contributed by atoms with Crippen molar-refractivity contribution in [3.8, 4) is 0 Å². The predicted molar refractivity (Wildman–Crippen MR) is 117 cm³/mol. The third-order valence-corrected chi connectivity index (χ3v) is 4.49. The monoisotopic (exact) mass is 469 g/mol. The molecule has 0 unspecified atom stereocenters. The fourth-order valence-electron chi connectivity index (χ4n) is 2.91. The van der Waals surface area contributed by atoms with E-state index in [1.165, 1.54) is 36.4 Å². The molecule has 0 aliphatic carbocycles. The highest BCUT2D eigenvalue weighted by Gasteiger charge is 2.35. The Balaban J connectivity index is 2.45. The van der Waals surface area contributed by atoms with Crippen LogP contribution in [0.1, 0.15) is 45.2 Å². The molecular weight excluding hydrogens is 442 g/mol. The van der Waals surface area contributed by atoms with Crippen molar-refractivity contribution in [2.45, 2.75) is 58.5 Å². The number of benzene rings is 2. The SMILES string of the molecule is CC[C@@H](C=O)N(Nc1cccc(C(F)(F)F)c1NCc1ccc(F)cc1)C(=O)OC(C)(C)C. The van der Waals surface area contributed by atoms with Crippen LogP contribution in [0.2, 0.25) is 0 Å². The molecule has 2 aromatic rings. The van der Waals surface area contributed by atoms with E-state index in [0.717, 1.165) is 11.1 Å². The zero-order valence-corrected chi connectivity index (χ0v) is 18.8. The first-order valence-electron chi connectivity index (χ1n) is 10.3. The van der Waals surface area contributed by atoms with Crippen LogP contribution in [0.4, 0.5) is 33.7 Å². The highest BCUT2D eigenvalue weighted by atomic mass is 19.4. The lowest BCUT2D eigenvalue weighted by molar-refractivity contribution is -0.137. The molecule has 0 radical (unpaired) electrons. The number of nitrogens with one attached hydrogen (secondary N) is 2. The summed E-state index contributed by atoms with van der Waals surface area (Å²) < 4.78 is 59.7. The van der Waals surface area contributed by atoms with E-state index in [2.05, 4.69) is 10.7 Å². The lowest BCUT2D eigenvalue weighted by Crippen LogP contribution is -2.47. The van der Waals surface area contributed by atoms with Crippen molar-refractivity contribution >= 4 is 23.8 Å². The van der Waals surface area contributed by atoms with Crippen LogP contribution < -0.4 is 10.7 Å². The molecule has 1 atom stereocenters. The van der Waals surface area contributed by atoms with Crippen molar-refractivity contribution in [3.05, 3.63) is 59.4 Å². The number of hydrogen-bond acceptors (Lipinski definition) is 5. The second-order valence-corrected chi connectivity index (χ2v) is 8.28. The summed E-state index contributed by atoms with van der Waals surface area (Å²) in [5.74, 6) is -0.468. The van der Waals surface area contributed by atoms with Gasteiger partial charge in [-0.1, -0.05) is 25.1 Å². The number of ether oxygens (including phenoxy) is 1. The van der Waals surface area contributed by atoms with Crippen molar-refractivity contribution in [1.29, 1.82) is 0 Å². The normalized spacial score (nSPS) is 12.6. The van der Waals surface area contributed by atoms with Crippen molar-refractivity contribution in [3.63, 3.8) is 0 Å². The molecule has 180 valence electrons. The van der Waals surface area contributed by atoms with Crippen LogP contribution in [-0.4, -0.2) is 29.0 Å². The van der Waals surface area contributed by atoms with E-state index in [1.54, 1.807) is 27.7 Å². The molecule has 0 heterocycles. The van der Waals surface area contributed by atoms with Crippen molar-refractivity contribution in [2.75, 3.05) is 10.7 Å². The summed E-state index contributed by atoms with van der Waals surface area (Å²) in [6.45, 7) is 6.50. The molecule has 10 heteroatoms. The number of anilines is 2. The van der Waals surface area contributed by atoms with E-state index in [1.807, 2.05) is 0 Å². The van der Waals surface area contributed by atoms with Crippen molar-refractivity contribution < 1.29 is 31.9 Å². The highest BCUT2D eigenvalue weighted by Crippen LogP contribution is 2.39. The maximum atomic E-state index is 13.7. The molecule has 0 spiro atoms. The molecule has 1 amide bonds. The Morgan fingerprint density at radius 2 is 1.76 bits per heavy atom. The molecular formula is C23H27F4N3O3. The number of amides is 1. The zero-order valence-electron chi connectivity index (χ0n) is 18.8. The van der Waals surface area contributed by atoms with Gasteiger partial charge in [-0.15, -0.1) is 0 Å². The Labute approximate surface area is 189 Å². The topological polar surface area (TPSA) is 70.7 Å². The van der Waals surface area contributed by atoms with Gasteiger partial charge in [0.25, 0.3) is 0 Å². The second-order valence-electron chi connectivity index (χ2n) is 8.28. The van der Waals surface area contributed by atoms with E-state index in [4.69, 9.17) is 4.74 Å². The second kappa shape index (κ2) is 10.5. The minimum atomic E-state index is -4.70. The maximum Gasteiger partial charge on any atom is 0.429 e. The summed E-state index contributed by atoms with van der Waals surface area (Å²) in [5, 5.41) is 3.59. The molecule has 2 aromatic carbocycles. The number of hydrogen-bond donors (Lipinski definition) is 2. The van der Waals surface area contributed by atoms with Gasteiger partial charge in [-0.25, -0.2) is 14.2 Å². The largest absolute Gasteiger partial charge is 0.442 e. The smallest absolute Gasteiger partial charge is 0.429 e. The molecule has 0 bridgehead atoms. The molecule has 0 saturated carbocycles. The molecule has 0 saturated heterocycles. The minimum Gasteiger partial charge on any atom is -0.442 e. The summed E-state index contributed by atoms with van der Waals surface area (Å²) in [6.07, 6.45) is -4.90. The molecule has 0 aromatic heterocycles. The number of carbonyl (C=O) groups is 2. The van der Waals surface area contributed by atoms with Crippen LogP contribution in [0.25, 0.3) is 0 Å². The van der Waals surface area contributed by atoms with Gasteiger partial charge in [0.2, 0.25) is 0 Å². The predicted octanol–water partition coefficient (Wildman–Crippen LogP) is 6.00. The summed E-state index contributed by atoms with van der Waals surface area (Å²) >= 11 is 0. The van der Waals surface area contributed by atoms with Gasteiger partial charge in [0.15, 0.2) is 0 Å². The van der Waals surface area contributed by atoms with Crippen molar-refractivity contribution in [1.82, 2.24) is 5.01 Å². The standard InChI is InChI=1S/C23H27F4N3O3/c1-5-17(14-31)30(21(32)33-22(2,3)4)29-19-8-6-7-18(23(25,26)27)20(19)28-13-15-9-11-16(24)12-10-15/h6-12,14,17,28-29H,5,13H2,1-4H3/t17-/m0/s1. The Bertz CT molecular complexity index is 957. The number of aldehydes is 1. The van der Waals surface area contributed by atoms with Gasteiger partial charge in [-0.3, -0.25) is 5.43 Å². The van der Waals surface area contributed by atoms with E-state index >= 15 is 0 Å². The Hall–Kier alpha value is -3.30. The van der Waals surface area contributed by atoms with Crippen LogP contribution in [0.3, 0.4) is 0 Å². The summed E-state index contributed by atoms with van der Waals surface area (Å²) in [4.78, 5) is 24.3. The van der Waals surface area contributed by atoms with Gasteiger partial charge in [0.05, 0.1) is 16.9 Å². The van der Waals surface area contributed by atoms with Gasteiger partial charge in [0.1, 0.15) is 23.7 Å². The summed E-state index contributed by atoms with van der Waals surface area (Å²) in [7, 11) is 0. The average molecular weight is 469 g/mol. The third kappa shape index (κ3) is 7.37. The number of para-hydroxylation sites is 1. The maximum absolute atomic E-state index is 13.7. The van der Waals surface area contributed by atoms with Crippen LogP contribution in [0.5, 0.6) is 0 Å². The molecule has 2 rings (SSSR count). The lowest BCUT2D eigenvalue weighted by atomic mass is 10.1. The molecule has 0 fully saturated rings. The van der Waals surface area contributed by atoms with E-state index in [0.29, 0.717) is 11.8 Å². The van der Waals surface area contributed by atoms with E-state index in [9.17, 15) is 27.2 Å². The first-order valence-corrected chi connectivity index (χ1v) is 10.3. The Kier molecular flexibility index (Phi) is 8.29. The molecule has 0 aliphatic rings. The number of halogens is 4. The first kappa shape index (κ1) is 26.0. The molecule has 33 heavy (non-hydrogen) atoms. The van der Waals surface area contributed by atoms with Gasteiger partial charge >= 0.3 is 12.3 Å². The zero-order chi connectivity index (χ0) is 24.8. The van der Waals surface area contributed by atoms with Crippen molar-refractivity contribution in [2.24, 2.45) is 0 Å². The fraction of sp³-hybridized carbons (Fsp3) is 0.391. The van der Waals surface area contributed by atoms with Crippen LogP contribution >= 0.6 is 0 Å². The lowest BCUT2D eigenvalue weighted by Gasteiger charge is -2.32. The summed E-state index contributed by atoms with van der Waals surface area (Å²) in [5.41, 5.74) is 0.897. The number of rotatable bonds is 8. The fourth-order valence-corrected chi connectivity index (χ4v) is 2.91. The summed E-state index contributed by atoms with van der Waals surface area (Å²) in [6, 6.07) is 7.72. The molecule has 2 N–H and O–H groups in total. The number of nitrogens with zero attached hydrogens (tertiary/aromatic N) is 1. The quantitative estimate of drug-likeness (QED) is 0.282. The first-order chi connectivity index (χ1) is 15.4. The van der Waals surface area contributed by atoms with Crippen LogP contribution in [-0.2, 0) is 22.3 Å². The molecule has 6 nitrogen and oxygen atoms in total. The van der Waals surface area contributed by atoms with Gasteiger partial charge in [-0.2, -0.15) is 13.2 Å². The van der Waals surface area contributed by atoms with Gasteiger partial charge < -0.3 is 14.8 Å². The van der Waals surface area contributed by atoms with Gasteiger partial charge in [-0.05, 0) is 57.0 Å². The number of alkyl halides is 3. The minimum absolute atomic E-state index is 0.0423.